The van der Waals surface area contributed by atoms with Crippen LogP contribution >= 0.6 is 0 Å². The number of allylic oxidation sites excluding steroid dienone is 2. The van der Waals surface area contributed by atoms with Crippen molar-refractivity contribution in [3.8, 4) is 0 Å². The first kappa shape index (κ1) is 8.54. The number of aliphatic hydroxyl groups is 1. The van der Waals surface area contributed by atoms with Crippen molar-refractivity contribution in [3.05, 3.63) is 24.3 Å². The molecule has 1 atom stereocenters. The summed E-state index contributed by atoms with van der Waals surface area (Å²) in [6.45, 7) is 4.07. The minimum absolute atomic E-state index is 0.296. The standard InChI is InChI=1S/C10H16O/c1-2-9-3-5-10(6-4-9)7-8-11/h2,5,9,11H,1,3-4,6-8H2. The lowest BCUT2D eigenvalue weighted by Crippen LogP contribution is -2.03. The van der Waals surface area contributed by atoms with Gasteiger partial charge >= 0.3 is 0 Å². The topological polar surface area (TPSA) is 20.2 Å². The Kier molecular flexibility index (Phi) is 3.37. The Hall–Kier alpha value is -0.560. The van der Waals surface area contributed by atoms with Gasteiger partial charge in [0.25, 0.3) is 0 Å². The van der Waals surface area contributed by atoms with Crippen LogP contribution in [0, 0.1) is 5.92 Å². The Balaban J connectivity index is 2.37. The lowest BCUT2D eigenvalue weighted by atomic mass is 9.89. The predicted molar refractivity (Wildman–Crippen MR) is 47.3 cm³/mol. The average molecular weight is 152 g/mol. The van der Waals surface area contributed by atoms with Crippen molar-refractivity contribution in [1.29, 1.82) is 0 Å². The van der Waals surface area contributed by atoms with Crippen molar-refractivity contribution in [1.82, 2.24) is 0 Å². The molecule has 0 saturated heterocycles. The van der Waals surface area contributed by atoms with E-state index in [2.05, 4.69) is 12.7 Å². The molecule has 0 radical (unpaired) electrons. The highest BCUT2D eigenvalue weighted by molar-refractivity contribution is 5.08. The maximum atomic E-state index is 8.68. The van der Waals surface area contributed by atoms with Crippen LogP contribution < -0.4 is 0 Å². The fraction of sp³-hybridized carbons (Fsp3) is 0.600. The summed E-state index contributed by atoms with van der Waals surface area (Å²) in [6, 6.07) is 0. The molecule has 1 N–H and O–H groups in total. The monoisotopic (exact) mass is 152 g/mol. The Bertz CT molecular complexity index is 158. The predicted octanol–water partition coefficient (Wildman–Crippen LogP) is 2.28. The molecule has 0 aromatic rings. The first-order valence-electron chi connectivity index (χ1n) is 4.28. The van der Waals surface area contributed by atoms with Gasteiger partial charge < -0.3 is 5.11 Å². The largest absolute Gasteiger partial charge is 0.396 e. The summed E-state index contributed by atoms with van der Waals surface area (Å²) in [6.07, 6.45) is 8.65. The molecule has 1 unspecified atom stereocenters. The number of aliphatic hydroxyl groups excluding tert-OH is 1. The van der Waals surface area contributed by atoms with Gasteiger partial charge in [0.15, 0.2) is 0 Å². The van der Waals surface area contributed by atoms with Gasteiger partial charge in [-0.3, -0.25) is 0 Å². The maximum absolute atomic E-state index is 8.68. The average Bonchev–Trinajstić information content (AvgIpc) is 2.07. The molecule has 0 spiro atoms. The third-order valence-corrected chi connectivity index (χ3v) is 2.31. The highest BCUT2D eigenvalue weighted by Gasteiger charge is 2.10. The van der Waals surface area contributed by atoms with Crippen LogP contribution in [-0.4, -0.2) is 11.7 Å². The van der Waals surface area contributed by atoms with Crippen molar-refractivity contribution in [2.45, 2.75) is 25.7 Å². The summed E-state index contributed by atoms with van der Waals surface area (Å²) < 4.78 is 0. The second kappa shape index (κ2) is 4.35. The Morgan fingerprint density at radius 1 is 1.73 bits per heavy atom. The normalized spacial score (nSPS) is 24.5. The van der Waals surface area contributed by atoms with E-state index in [-0.39, 0.29) is 0 Å². The second-order valence-corrected chi connectivity index (χ2v) is 3.11. The van der Waals surface area contributed by atoms with Crippen molar-refractivity contribution in [2.75, 3.05) is 6.61 Å². The quantitative estimate of drug-likeness (QED) is 0.615. The highest BCUT2D eigenvalue weighted by atomic mass is 16.2. The number of hydrogen-bond donors (Lipinski definition) is 1. The molecule has 1 heteroatoms. The van der Waals surface area contributed by atoms with Crippen LogP contribution in [0.1, 0.15) is 25.7 Å². The Labute approximate surface area is 68.4 Å². The molecule has 62 valence electrons. The third-order valence-electron chi connectivity index (χ3n) is 2.31. The molecule has 0 aliphatic heterocycles. The van der Waals surface area contributed by atoms with Crippen molar-refractivity contribution < 1.29 is 5.11 Å². The summed E-state index contributed by atoms with van der Waals surface area (Å²) in [5.74, 6) is 0.678. The van der Waals surface area contributed by atoms with Gasteiger partial charge in [-0.25, -0.2) is 0 Å². The van der Waals surface area contributed by atoms with Crippen LogP contribution in [0.25, 0.3) is 0 Å². The molecular formula is C10H16O. The van der Waals surface area contributed by atoms with Gasteiger partial charge in [-0.2, -0.15) is 0 Å². The minimum Gasteiger partial charge on any atom is -0.396 e. The zero-order valence-electron chi connectivity index (χ0n) is 6.92. The fourth-order valence-electron chi connectivity index (χ4n) is 1.49. The molecule has 0 aromatic carbocycles. The van der Waals surface area contributed by atoms with E-state index in [9.17, 15) is 0 Å². The first-order valence-corrected chi connectivity index (χ1v) is 4.28. The van der Waals surface area contributed by atoms with Gasteiger partial charge in [-0.1, -0.05) is 17.7 Å². The minimum atomic E-state index is 0.296. The summed E-state index contributed by atoms with van der Waals surface area (Å²) in [5, 5.41) is 8.68. The van der Waals surface area contributed by atoms with Gasteiger partial charge in [0.2, 0.25) is 0 Å². The molecule has 11 heavy (non-hydrogen) atoms. The van der Waals surface area contributed by atoms with Crippen LogP contribution in [0.5, 0.6) is 0 Å². The van der Waals surface area contributed by atoms with Gasteiger partial charge in [-0.05, 0) is 31.6 Å². The van der Waals surface area contributed by atoms with Gasteiger partial charge in [-0.15, -0.1) is 6.58 Å². The zero-order chi connectivity index (χ0) is 8.10. The van der Waals surface area contributed by atoms with E-state index >= 15 is 0 Å². The molecule has 0 amide bonds. The summed E-state index contributed by atoms with van der Waals surface area (Å²) in [5.41, 5.74) is 1.42. The molecule has 1 nitrogen and oxygen atoms in total. The van der Waals surface area contributed by atoms with E-state index in [1.54, 1.807) is 0 Å². The van der Waals surface area contributed by atoms with E-state index in [4.69, 9.17) is 5.11 Å². The zero-order valence-corrected chi connectivity index (χ0v) is 6.92. The van der Waals surface area contributed by atoms with Crippen molar-refractivity contribution >= 4 is 0 Å². The van der Waals surface area contributed by atoms with Crippen LogP contribution in [0.3, 0.4) is 0 Å². The van der Waals surface area contributed by atoms with Crippen molar-refractivity contribution in [2.24, 2.45) is 5.92 Å². The third kappa shape index (κ3) is 2.51. The number of hydrogen-bond acceptors (Lipinski definition) is 1. The van der Waals surface area contributed by atoms with Crippen LogP contribution in [0.15, 0.2) is 24.3 Å². The smallest absolute Gasteiger partial charge is 0.0468 e. The van der Waals surface area contributed by atoms with Gasteiger partial charge in [0.05, 0.1) is 0 Å². The maximum Gasteiger partial charge on any atom is 0.0468 e. The molecule has 0 fully saturated rings. The summed E-state index contributed by atoms with van der Waals surface area (Å²) in [7, 11) is 0. The molecule has 1 aliphatic rings. The van der Waals surface area contributed by atoms with Gasteiger partial charge in [0.1, 0.15) is 0 Å². The van der Waals surface area contributed by atoms with E-state index in [1.165, 1.54) is 12.0 Å². The molecule has 0 aromatic heterocycles. The summed E-state index contributed by atoms with van der Waals surface area (Å²) in [4.78, 5) is 0. The second-order valence-electron chi connectivity index (χ2n) is 3.11. The van der Waals surface area contributed by atoms with Crippen molar-refractivity contribution in [3.63, 3.8) is 0 Å². The Morgan fingerprint density at radius 3 is 3.00 bits per heavy atom. The molecule has 0 heterocycles. The highest BCUT2D eigenvalue weighted by Crippen LogP contribution is 2.25. The lowest BCUT2D eigenvalue weighted by Gasteiger charge is -2.17. The molecule has 1 aliphatic carbocycles. The molecular weight excluding hydrogens is 136 g/mol. The van der Waals surface area contributed by atoms with E-state index in [0.29, 0.717) is 12.5 Å². The van der Waals surface area contributed by atoms with E-state index in [1.807, 2.05) is 6.08 Å². The first-order chi connectivity index (χ1) is 5.36. The Morgan fingerprint density at radius 2 is 2.55 bits per heavy atom. The fourth-order valence-corrected chi connectivity index (χ4v) is 1.49. The SMILES string of the molecule is C=CC1CC=C(CCO)CC1. The molecule has 0 saturated carbocycles. The molecule has 0 bridgehead atoms. The van der Waals surface area contributed by atoms with Crippen LogP contribution in [-0.2, 0) is 0 Å². The lowest BCUT2D eigenvalue weighted by molar-refractivity contribution is 0.296. The van der Waals surface area contributed by atoms with Gasteiger partial charge in [0, 0.05) is 6.61 Å². The van der Waals surface area contributed by atoms with E-state index in [0.717, 1.165) is 19.3 Å². The molecule has 1 rings (SSSR count). The van der Waals surface area contributed by atoms with Crippen LogP contribution in [0.2, 0.25) is 0 Å². The van der Waals surface area contributed by atoms with E-state index < -0.39 is 0 Å². The van der Waals surface area contributed by atoms with Crippen LogP contribution in [0.4, 0.5) is 0 Å². The summed E-state index contributed by atoms with van der Waals surface area (Å²) >= 11 is 0. The number of rotatable bonds is 3.